The molecule has 0 aromatic heterocycles. The van der Waals surface area contributed by atoms with Gasteiger partial charge in [-0.25, -0.2) is 4.99 Å². The molecule has 0 amide bonds. The molecule has 0 aliphatic carbocycles. The van der Waals surface area contributed by atoms with Gasteiger partial charge in [-0.1, -0.05) is 18.2 Å². The molecule has 1 aliphatic heterocycles. The van der Waals surface area contributed by atoms with Crippen molar-refractivity contribution in [1.29, 1.82) is 0 Å². The minimum Gasteiger partial charge on any atom is -0.493 e. The average molecular weight is 352 g/mol. The number of nitrogens with zero attached hydrogens (tertiary/aromatic N) is 1. The van der Waals surface area contributed by atoms with Crippen molar-refractivity contribution in [3.05, 3.63) is 53.1 Å². The van der Waals surface area contributed by atoms with Crippen LogP contribution in [0.2, 0.25) is 0 Å². The second-order valence-electron chi connectivity index (χ2n) is 6.78. The topological polar surface area (TPSA) is 66.1 Å². The van der Waals surface area contributed by atoms with Crippen LogP contribution in [0, 0.1) is 0 Å². The molecule has 136 valence electrons. The highest BCUT2D eigenvalue weighted by Crippen LogP contribution is 2.36. The van der Waals surface area contributed by atoms with E-state index in [1.807, 2.05) is 62.4 Å². The monoisotopic (exact) mass is 352 g/mol. The first-order valence-electron chi connectivity index (χ1n) is 8.45. The van der Waals surface area contributed by atoms with Gasteiger partial charge in [0.2, 0.25) is 5.90 Å². The molecule has 0 saturated carbocycles. The summed E-state index contributed by atoms with van der Waals surface area (Å²) >= 11 is 0. The van der Waals surface area contributed by atoms with E-state index in [0.29, 0.717) is 24.0 Å². The van der Waals surface area contributed by atoms with Crippen molar-refractivity contribution in [2.24, 2.45) is 4.99 Å². The van der Waals surface area contributed by atoms with Gasteiger partial charge in [0.15, 0.2) is 11.5 Å². The average Bonchev–Trinajstić information content (AvgIpc) is 2.98. The molecule has 5 nitrogen and oxygen atoms in total. The number of benzene rings is 2. The molecule has 0 bridgehead atoms. The predicted octanol–water partition coefficient (Wildman–Crippen LogP) is 4.01. The first kappa shape index (κ1) is 17.9. The number of nitrogens with two attached hydrogens (primary N) is 1. The minimum absolute atomic E-state index is 0.239. The molecule has 0 saturated heterocycles. The minimum atomic E-state index is -0.239. The van der Waals surface area contributed by atoms with Crippen molar-refractivity contribution >= 4 is 23.7 Å². The summed E-state index contributed by atoms with van der Waals surface area (Å²) < 4.78 is 16.9. The van der Waals surface area contributed by atoms with E-state index < -0.39 is 0 Å². The molecule has 0 fully saturated rings. The Morgan fingerprint density at radius 2 is 1.92 bits per heavy atom. The third kappa shape index (κ3) is 3.67. The first-order valence-corrected chi connectivity index (χ1v) is 8.45. The van der Waals surface area contributed by atoms with Crippen LogP contribution < -0.4 is 15.2 Å². The molecule has 3 rings (SSSR count). The van der Waals surface area contributed by atoms with E-state index in [1.165, 1.54) is 0 Å². The van der Waals surface area contributed by atoms with Crippen molar-refractivity contribution in [2.45, 2.75) is 19.4 Å². The van der Waals surface area contributed by atoms with Gasteiger partial charge in [-0.2, -0.15) is 0 Å². The van der Waals surface area contributed by atoms with Gasteiger partial charge in [-0.15, -0.1) is 0 Å². The molecule has 0 atom stereocenters. The molecule has 2 N–H and O–H groups in total. The third-order valence-corrected chi connectivity index (χ3v) is 4.13. The Morgan fingerprint density at radius 1 is 1.12 bits per heavy atom. The van der Waals surface area contributed by atoms with Crippen molar-refractivity contribution in [2.75, 3.05) is 26.6 Å². The van der Waals surface area contributed by atoms with E-state index >= 15 is 0 Å². The Hall–Kier alpha value is -2.95. The highest BCUT2D eigenvalue weighted by Gasteiger charge is 2.29. The molecule has 0 radical (unpaired) electrons. The van der Waals surface area contributed by atoms with Crippen LogP contribution >= 0.6 is 0 Å². The quantitative estimate of drug-likeness (QED) is 0.652. The van der Waals surface area contributed by atoms with Gasteiger partial charge in [0.05, 0.1) is 19.8 Å². The molecule has 26 heavy (non-hydrogen) atoms. The highest BCUT2D eigenvalue weighted by molar-refractivity contribution is 6.01. The molecular weight excluding hydrogens is 328 g/mol. The second kappa shape index (κ2) is 7.12. The summed E-state index contributed by atoms with van der Waals surface area (Å²) in [6.45, 7) is 4.64. The molecule has 5 heteroatoms. The van der Waals surface area contributed by atoms with Gasteiger partial charge in [-0.05, 0) is 49.8 Å². The van der Waals surface area contributed by atoms with Crippen LogP contribution in [0.15, 0.2) is 41.4 Å². The predicted molar refractivity (Wildman–Crippen MR) is 106 cm³/mol. The van der Waals surface area contributed by atoms with E-state index in [-0.39, 0.29) is 5.54 Å². The Bertz CT molecular complexity index is 870. The fourth-order valence-corrected chi connectivity index (χ4v) is 2.87. The summed E-state index contributed by atoms with van der Waals surface area (Å²) in [5.41, 5.74) is 9.07. The highest BCUT2D eigenvalue weighted by atomic mass is 16.5. The molecule has 1 heterocycles. The van der Waals surface area contributed by atoms with E-state index in [4.69, 9.17) is 24.9 Å². The number of anilines is 1. The SMILES string of the molecule is COc1ccc(C2=NC(C)(C)CO2)c(C=Cc2cccc(N)c2)c1OC. The number of nitrogen functional groups attached to an aromatic ring is 1. The van der Waals surface area contributed by atoms with Crippen LogP contribution in [0.3, 0.4) is 0 Å². The number of hydrogen-bond donors (Lipinski definition) is 1. The fourth-order valence-electron chi connectivity index (χ4n) is 2.87. The van der Waals surface area contributed by atoms with Crippen LogP contribution in [-0.2, 0) is 4.74 Å². The second-order valence-corrected chi connectivity index (χ2v) is 6.78. The maximum Gasteiger partial charge on any atom is 0.217 e. The lowest BCUT2D eigenvalue weighted by molar-refractivity contribution is 0.279. The summed E-state index contributed by atoms with van der Waals surface area (Å²) in [7, 11) is 3.25. The maximum absolute atomic E-state index is 5.87. The summed E-state index contributed by atoms with van der Waals surface area (Å²) in [6.07, 6.45) is 3.96. The molecular formula is C21H24N2O3. The Balaban J connectivity index is 2.11. The van der Waals surface area contributed by atoms with Gasteiger partial charge in [-0.3, -0.25) is 0 Å². The van der Waals surface area contributed by atoms with E-state index in [2.05, 4.69) is 0 Å². The lowest BCUT2D eigenvalue weighted by Crippen LogP contribution is -2.17. The zero-order chi connectivity index (χ0) is 18.7. The van der Waals surface area contributed by atoms with Gasteiger partial charge in [0, 0.05) is 16.8 Å². The third-order valence-electron chi connectivity index (χ3n) is 4.13. The number of rotatable bonds is 5. The Labute approximate surface area is 154 Å². The van der Waals surface area contributed by atoms with Gasteiger partial charge < -0.3 is 19.9 Å². The largest absolute Gasteiger partial charge is 0.493 e. The molecule has 0 spiro atoms. The summed E-state index contributed by atoms with van der Waals surface area (Å²) in [5, 5.41) is 0. The number of ether oxygens (including phenoxy) is 3. The first-order chi connectivity index (χ1) is 12.4. The molecule has 2 aromatic rings. The van der Waals surface area contributed by atoms with Gasteiger partial charge in [0.1, 0.15) is 6.61 Å². The molecule has 1 aliphatic rings. The normalized spacial score (nSPS) is 15.6. The maximum atomic E-state index is 5.87. The fraction of sp³-hybridized carbons (Fsp3) is 0.286. The van der Waals surface area contributed by atoms with E-state index in [1.54, 1.807) is 14.2 Å². The lowest BCUT2D eigenvalue weighted by Gasteiger charge is -2.14. The van der Waals surface area contributed by atoms with Gasteiger partial charge in [0.25, 0.3) is 0 Å². The van der Waals surface area contributed by atoms with Crippen molar-refractivity contribution in [3.8, 4) is 11.5 Å². The van der Waals surface area contributed by atoms with Gasteiger partial charge >= 0.3 is 0 Å². The van der Waals surface area contributed by atoms with Crippen LogP contribution in [-0.4, -0.2) is 32.3 Å². The van der Waals surface area contributed by atoms with Crippen LogP contribution in [0.4, 0.5) is 5.69 Å². The van der Waals surface area contributed by atoms with Crippen LogP contribution in [0.1, 0.15) is 30.5 Å². The number of aliphatic imine (C=N–C) groups is 1. The van der Waals surface area contributed by atoms with Crippen molar-refractivity contribution in [3.63, 3.8) is 0 Å². The molecule has 2 aromatic carbocycles. The van der Waals surface area contributed by atoms with Crippen molar-refractivity contribution < 1.29 is 14.2 Å². The Kier molecular flexibility index (Phi) is 4.89. The molecule has 0 unspecified atom stereocenters. The summed E-state index contributed by atoms with van der Waals surface area (Å²) in [6, 6.07) is 11.5. The number of hydrogen-bond acceptors (Lipinski definition) is 5. The number of methoxy groups -OCH3 is 2. The van der Waals surface area contributed by atoms with E-state index in [9.17, 15) is 0 Å². The standard InChI is InChI=1S/C21H24N2O3/c1-21(2)13-26-20(23-21)17-10-11-18(24-3)19(25-4)16(17)9-8-14-6-5-7-15(22)12-14/h5-12H,13,22H2,1-4H3. The summed E-state index contributed by atoms with van der Waals surface area (Å²) in [4.78, 5) is 4.70. The van der Waals surface area contributed by atoms with Crippen LogP contribution in [0.5, 0.6) is 11.5 Å². The zero-order valence-corrected chi connectivity index (χ0v) is 15.6. The van der Waals surface area contributed by atoms with Crippen LogP contribution in [0.25, 0.3) is 12.2 Å². The smallest absolute Gasteiger partial charge is 0.217 e. The lowest BCUT2D eigenvalue weighted by atomic mass is 10.0. The summed E-state index contributed by atoms with van der Waals surface area (Å²) in [5.74, 6) is 1.91. The van der Waals surface area contributed by atoms with E-state index in [0.717, 1.165) is 22.4 Å². The van der Waals surface area contributed by atoms with Crippen molar-refractivity contribution in [1.82, 2.24) is 0 Å². The Morgan fingerprint density at radius 3 is 2.54 bits per heavy atom. The zero-order valence-electron chi connectivity index (χ0n) is 15.6.